The summed E-state index contributed by atoms with van der Waals surface area (Å²) in [4.78, 5) is 19.0. The number of hydrogen-bond acceptors (Lipinski definition) is 4. The Bertz CT molecular complexity index is 897. The highest BCUT2D eigenvalue weighted by atomic mass is 16.1. The number of allylic oxidation sites excluding steroid dienone is 1. The summed E-state index contributed by atoms with van der Waals surface area (Å²) in [5.41, 5.74) is 2.31. The normalized spacial score (nSPS) is 11.4. The van der Waals surface area contributed by atoms with Gasteiger partial charge in [-0.25, -0.2) is 0 Å². The Hall–Kier alpha value is -3.21. The number of pyridine rings is 2. The molecule has 0 unspecified atom stereocenters. The van der Waals surface area contributed by atoms with Gasteiger partial charge in [0.05, 0.1) is 11.1 Å². The van der Waals surface area contributed by atoms with Crippen LogP contribution in [0.1, 0.15) is 5.56 Å². The van der Waals surface area contributed by atoms with Gasteiger partial charge in [-0.1, -0.05) is 18.2 Å². The van der Waals surface area contributed by atoms with Crippen molar-refractivity contribution in [1.29, 1.82) is 5.41 Å². The third kappa shape index (κ3) is 2.78. The van der Waals surface area contributed by atoms with Crippen molar-refractivity contribution in [1.82, 2.24) is 9.97 Å². The maximum absolute atomic E-state index is 12.2. The summed E-state index contributed by atoms with van der Waals surface area (Å²) in [5, 5.41) is 11.5. The number of rotatable bonds is 4. The van der Waals surface area contributed by atoms with Gasteiger partial charge in [0.25, 0.3) is 5.56 Å². The van der Waals surface area contributed by atoms with Crippen LogP contribution in [0.3, 0.4) is 0 Å². The molecule has 22 heavy (non-hydrogen) atoms. The number of nitrogens with one attached hydrogen (secondary N) is 3. The molecular weight excluding hydrogens is 276 g/mol. The number of para-hydroxylation sites is 1. The summed E-state index contributed by atoms with van der Waals surface area (Å²) in [7, 11) is 0. The van der Waals surface area contributed by atoms with Gasteiger partial charge < -0.3 is 15.7 Å². The van der Waals surface area contributed by atoms with E-state index >= 15 is 0 Å². The number of H-pyrrole nitrogens is 1. The molecule has 0 atom stereocenters. The van der Waals surface area contributed by atoms with Crippen LogP contribution >= 0.6 is 0 Å². The molecule has 0 radical (unpaired) electrons. The lowest BCUT2D eigenvalue weighted by atomic mass is 10.1. The number of aromatic nitrogens is 2. The average molecular weight is 290 g/mol. The number of hydrogen-bond donors (Lipinski definition) is 3. The van der Waals surface area contributed by atoms with Crippen molar-refractivity contribution in [2.45, 2.75) is 0 Å². The van der Waals surface area contributed by atoms with Gasteiger partial charge in [-0.3, -0.25) is 9.78 Å². The molecule has 5 heteroatoms. The van der Waals surface area contributed by atoms with E-state index < -0.39 is 0 Å². The van der Waals surface area contributed by atoms with E-state index in [4.69, 9.17) is 5.41 Å². The molecule has 0 aliphatic heterocycles. The van der Waals surface area contributed by atoms with Gasteiger partial charge in [-0.2, -0.15) is 0 Å². The average Bonchev–Trinajstić information content (AvgIpc) is 2.56. The second-order valence-corrected chi connectivity index (χ2v) is 4.73. The highest BCUT2D eigenvalue weighted by molar-refractivity contribution is 6.09. The van der Waals surface area contributed by atoms with E-state index in [1.807, 2.05) is 30.3 Å². The van der Waals surface area contributed by atoms with Crippen LogP contribution in [0.4, 0.5) is 5.69 Å². The molecule has 5 nitrogen and oxygen atoms in total. The first-order valence-corrected chi connectivity index (χ1v) is 6.77. The van der Waals surface area contributed by atoms with Crippen LogP contribution in [-0.4, -0.2) is 16.2 Å². The Kier molecular flexibility index (Phi) is 3.78. The smallest absolute Gasteiger partial charge is 0.256 e. The number of fused-ring (bicyclic) bond motifs is 1. The van der Waals surface area contributed by atoms with E-state index in [9.17, 15) is 4.79 Å². The molecule has 108 valence electrons. The lowest BCUT2D eigenvalue weighted by Crippen LogP contribution is -2.12. The Labute approximate surface area is 126 Å². The molecule has 0 aliphatic rings. The van der Waals surface area contributed by atoms with Crippen LogP contribution in [0.2, 0.25) is 0 Å². The molecule has 0 spiro atoms. The second kappa shape index (κ2) is 6.05. The first kappa shape index (κ1) is 13.8. The van der Waals surface area contributed by atoms with Crippen LogP contribution in [0, 0.1) is 5.41 Å². The van der Waals surface area contributed by atoms with Crippen LogP contribution < -0.4 is 10.9 Å². The standard InChI is InChI=1S/C17H14N4O/c18-9-13(11-20-14-4-2-1-3-5-14)15-8-12-10-19-7-6-16(12)21-17(15)22/h1-11,18,20H,(H,21,22)/b13-11+,18-9?. The molecule has 0 saturated heterocycles. The van der Waals surface area contributed by atoms with E-state index in [-0.39, 0.29) is 5.56 Å². The van der Waals surface area contributed by atoms with E-state index in [1.165, 1.54) is 0 Å². The Balaban J connectivity index is 2.01. The number of nitrogens with zero attached hydrogens (tertiary/aromatic N) is 1. The molecule has 0 amide bonds. The SMILES string of the molecule is N=C/C(=C\Nc1ccccc1)c1cc2cnccc2[nH]c1=O. The molecular formula is C17H14N4O. The van der Waals surface area contributed by atoms with Gasteiger partial charge >= 0.3 is 0 Å². The summed E-state index contributed by atoms with van der Waals surface area (Å²) in [5.74, 6) is 0. The lowest BCUT2D eigenvalue weighted by Gasteiger charge is -2.05. The summed E-state index contributed by atoms with van der Waals surface area (Å²) >= 11 is 0. The van der Waals surface area contributed by atoms with E-state index in [1.54, 1.807) is 30.7 Å². The molecule has 0 bridgehead atoms. The Morgan fingerprint density at radius 1 is 1.23 bits per heavy atom. The largest absolute Gasteiger partial charge is 0.361 e. The zero-order valence-corrected chi connectivity index (χ0v) is 11.7. The van der Waals surface area contributed by atoms with E-state index in [0.29, 0.717) is 11.1 Å². The van der Waals surface area contributed by atoms with Gasteiger partial charge in [0, 0.05) is 41.5 Å². The highest BCUT2D eigenvalue weighted by Crippen LogP contribution is 2.15. The van der Waals surface area contributed by atoms with Crippen molar-refractivity contribution in [3.63, 3.8) is 0 Å². The van der Waals surface area contributed by atoms with Gasteiger partial charge in [0.2, 0.25) is 0 Å². The number of benzene rings is 1. The zero-order valence-electron chi connectivity index (χ0n) is 11.7. The van der Waals surface area contributed by atoms with Gasteiger partial charge in [-0.15, -0.1) is 0 Å². The minimum atomic E-state index is -0.233. The molecule has 0 fully saturated rings. The molecule has 2 heterocycles. The van der Waals surface area contributed by atoms with Crippen molar-refractivity contribution >= 4 is 28.4 Å². The van der Waals surface area contributed by atoms with Crippen molar-refractivity contribution in [3.05, 3.63) is 77.0 Å². The monoisotopic (exact) mass is 290 g/mol. The van der Waals surface area contributed by atoms with Crippen molar-refractivity contribution in [2.24, 2.45) is 0 Å². The number of aromatic amines is 1. The summed E-state index contributed by atoms with van der Waals surface area (Å²) in [6.45, 7) is 0. The second-order valence-electron chi connectivity index (χ2n) is 4.73. The van der Waals surface area contributed by atoms with Gasteiger partial charge in [0.15, 0.2) is 0 Å². The first-order chi connectivity index (χ1) is 10.8. The maximum Gasteiger partial charge on any atom is 0.256 e. The fraction of sp³-hybridized carbons (Fsp3) is 0. The van der Waals surface area contributed by atoms with Crippen molar-refractivity contribution < 1.29 is 0 Å². The Morgan fingerprint density at radius 3 is 2.82 bits per heavy atom. The summed E-state index contributed by atoms with van der Waals surface area (Å²) in [6, 6.07) is 13.1. The molecule has 2 aromatic heterocycles. The Morgan fingerprint density at radius 2 is 2.05 bits per heavy atom. The van der Waals surface area contributed by atoms with E-state index in [2.05, 4.69) is 15.3 Å². The molecule has 3 rings (SSSR count). The minimum absolute atomic E-state index is 0.233. The van der Waals surface area contributed by atoms with Crippen LogP contribution in [0.15, 0.2) is 65.9 Å². The predicted octanol–water partition coefficient (Wildman–Crippen LogP) is 3.03. The zero-order chi connectivity index (χ0) is 15.4. The molecule has 0 saturated carbocycles. The van der Waals surface area contributed by atoms with Crippen molar-refractivity contribution in [2.75, 3.05) is 5.32 Å². The topological polar surface area (TPSA) is 81.6 Å². The van der Waals surface area contributed by atoms with Crippen LogP contribution in [0.5, 0.6) is 0 Å². The van der Waals surface area contributed by atoms with E-state index in [0.717, 1.165) is 22.8 Å². The minimum Gasteiger partial charge on any atom is -0.361 e. The predicted molar refractivity (Wildman–Crippen MR) is 89.2 cm³/mol. The lowest BCUT2D eigenvalue weighted by molar-refractivity contribution is 1.26. The molecule has 0 aliphatic carbocycles. The van der Waals surface area contributed by atoms with Gasteiger partial charge in [-0.05, 0) is 24.3 Å². The van der Waals surface area contributed by atoms with Crippen molar-refractivity contribution in [3.8, 4) is 0 Å². The van der Waals surface area contributed by atoms with Crippen LogP contribution in [-0.2, 0) is 0 Å². The molecule has 3 aromatic rings. The third-order valence-electron chi connectivity index (χ3n) is 3.28. The molecule has 1 aromatic carbocycles. The summed E-state index contributed by atoms with van der Waals surface area (Å²) in [6.07, 6.45) is 6.11. The van der Waals surface area contributed by atoms with Gasteiger partial charge in [0.1, 0.15) is 0 Å². The third-order valence-corrected chi connectivity index (χ3v) is 3.28. The maximum atomic E-state index is 12.2. The first-order valence-electron chi connectivity index (χ1n) is 6.77. The number of anilines is 1. The fourth-order valence-electron chi connectivity index (χ4n) is 2.15. The quantitative estimate of drug-likeness (QED) is 0.646. The fourth-order valence-corrected chi connectivity index (χ4v) is 2.15. The highest BCUT2D eigenvalue weighted by Gasteiger charge is 2.06. The van der Waals surface area contributed by atoms with Crippen LogP contribution in [0.25, 0.3) is 16.5 Å². The summed E-state index contributed by atoms with van der Waals surface area (Å²) < 4.78 is 0. The molecule has 3 N–H and O–H groups in total.